The highest BCUT2D eigenvalue weighted by Crippen LogP contribution is 2.40. The number of nitrogen functional groups attached to an aromatic ring is 1. The van der Waals surface area contributed by atoms with Crippen molar-refractivity contribution >= 4 is 11.8 Å². The number of esters is 1. The van der Waals surface area contributed by atoms with Crippen LogP contribution in [-0.2, 0) is 16.6 Å². The fraction of sp³-hybridized carbons (Fsp3) is 0.267. The summed E-state index contributed by atoms with van der Waals surface area (Å²) in [4.78, 5) is 20.8. The monoisotopic (exact) mass is 595 g/mol. The number of phenolic OH excluding ortho intramolecular Hbond substituents is 1. The predicted octanol–water partition coefficient (Wildman–Crippen LogP) is 5.69. The molecule has 0 amide bonds. The molecule has 4 N–H and O–H groups in total. The highest BCUT2D eigenvalue weighted by molar-refractivity contribution is 5.95. The molecule has 4 aromatic rings. The molecule has 0 aliphatic rings. The van der Waals surface area contributed by atoms with Crippen molar-refractivity contribution in [1.29, 1.82) is 5.41 Å². The Hall–Kier alpha value is -5.20. The van der Waals surface area contributed by atoms with E-state index in [1.165, 1.54) is 24.3 Å². The van der Waals surface area contributed by atoms with Crippen LogP contribution in [0.15, 0.2) is 54.9 Å². The van der Waals surface area contributed by atoms with E-state index in [9.17, 15) is 9.90 Å². The minimum atomic E-state index is -1.41. The van der Waals surface area contributed by atoms with Crippen LogP contribution in [-0.4, -0.2) is 44.2 Å². The predicted molar refractivity (Wildman–Crippen MR) is 153 cm³/mol. The maximum Gasteiger partial charge on any atom is 0.347 e. The van der Waals surface area contributed by atoms with Crippen LogP contribution in [0.1, 0.15) is 32.8 Å². The number of carbonyl (C=O) groups is 1. The molecule has 4 rings (SSSR count). The van der Waals surface area contributed by atoms with Gasteiger partial charge < -0.3 is 34.4 Å². The summed E-state index contributed by atoms with van der Waals surface area (Å²) in [6.07, 6.45) is 2.09. The zero-order valence-electron chi connectivity index (χ0n) is 23.9. The van der Waals surface area contributed by atoms with Gasteiger partial charge in [-0.15, -0.1) is 0 Å². The lowest BCUT2D eigenvalue weighted by atomic mass is 10.1. The van der Waals surface area contributed by atoms with Crippen molar-refractivity contribution < 1.29 is 37.6 Å². The van der Waals surface area contributed by atoms with Crippen molar-refractivity contribution in [3.05, 3.63) is 72.1 Å². The number of imidazole rings is 1. The Bertz CT molecular complexity index is 1640. The number of carbonyl (C=O) groups excluding carboxylic acids is 1. The Kier molecular flexibility index (Phi) is 9.43. The Morgan fingerprint density at radius 2 is 1.84 bits per heavy atom. The van der Waals surface area contributed by atoms with Gasteiger partial charge in [-0.1, -0.05) is 26.0 Å². The van der Waals surface area contributed by atoms with Crippen LogP contribution in [0.25, 0.3) is 11.4 Å². The van der Waals surface area contributed by atoms with Crippen molar-refractivity contribution in [3.8, 4) is 46.1 Å². The van der Waals surface area contributed by atoms with Crippen molar-refractivity contribution in [3.63, 3.8) is 0 Å². The molecule has 226 valence electrons. The fourth-order valence-corrected chi connectivity index (χ4v) is 4.04. The minimum absolute atomic E-state index is 0.0267. The van der Waals surface area contributed by atoms with Crippen LogP contribution >= 0.6 is 0 Å². The third-order valence-corrected chi connectivity index (χ3v) is 6.08. The van der Waals surface area contributed by atoms with Crippen molar-refractivity contribution in [1.82, 2.24) is 14.5 Å². The number of aryl methyl sites for hydroxylation is 1. The van der Waals surface area contributed by atoms with E-state index in [2.05, 4.69) is 9.97 Å². The van der Waals surface area contributed by atoms with Gasteiger partial charge in [0.1, 0.15) is 17.4 Å². The van der Waals surface area contributed by atoms with Gasteiger partial charge in [-0.25, -0.2) is 9.78 Å². The Morgan fingerprint density at radius 1 is 1.12 bits per heavy atom. The normalized spacial score (nSPS) is 11.7. The fourth-order valence-electron chi connectivity index (χ4n) is 4.04. The Morgan fingerprint density at radius 3 is 2.47 bits per heavy atom. The lowest BCUT2D eigenvalue weighted by Gasteiger charge is -2.21. The zero-order chi connectivity index (χ0) is 31.3. The molecule has 43 heavy (non-hydrogen) atoms. The average molecular weight is 596 g/mol. The van der Waals surface area contributed by atoms with E-state index in [1.54, 1.807) is 63.0 Å². The van der Waals surface area contributed by atoms with Crippen LogP contribution in [0, 0.1) is 23.0 Å². The number of hydrogen-bond acceptors (Lipinski definition) is 9. The minimum Gasteiger partial charge on any atom is -0.504 e. The molecule has 2 aromatic heterocycles. The molecule has 0 radical (unpaired) electrons. The standard InChI is InChI=1S/C30H31F2N5O6/c1-5-40-30(39)22(13-16(2)3)42-25-23(31)28(41-19-8-6-7-18(14-19)27-35-11-12-37(27)4)36-29(24(25)32)43-21-15-17(26(33)34)9-10-20(21)38/h6-12,14-16,22,38H,5,13H2,1-4H3,(H3,33,34). The second-order valence-electron chi connectivity index (χ2n) is 9.86. The van der Waals surface area contributed by atoms with Crippen LogP contribution in [0.2, 0.25) is 0 Å². The summed E-state index contributed by atoms with van der Waals surface area (Å²) in [5, 5.41) is 18.0. The highest BCUT2D eigenvalue weighted by Gasteiger charge is 2.31. The number of pyridine rings is 1. The van der Waals surface area contributed by atoms with Crippen molar-refractivity contribution in [2.75, 3.05) is 6.61 Å². The van der Waals surface area contributed by atoms with E-state index in [-0.39, 0.29) is 41.8 Å². The number of benzene rings is 2. The second-order valence-corrected chi connectivity index (χ2v) is 9.86. The molecule has 1 unspecified atom stereocenters. The van der Waals surface area contributed by atoms with Gasteiger partial charge in [-0.2, -0.15) is 13.8 Å². The second kappa shape index (κ2) is 13.2. The molecule has 2 heterocycles. The first-order chi connectivity index (χ1) is 20.5. The number of ether oxygens (including phenoxy) is 4. The summed E-state index contributed by atoms with van der Waals surface area (Å²) in [5.74, 6) is -6.61. The largest absolute Gasteiger partial charge is 0.504 e. The van der Waals surface area contributed by atoms with Gasteiger partial charge in [-0.3, -0.25) is 5.41 Å². The SMILES string of the molecule is CCOC(=O)C(CC(C)C)Oc1c(F)c(Oc2cccc(-c3nccn3C)c2)nc(Oc2cc(C(=N)N)ccc2O)c1F. The number of nitrogens with zero attached hydrogens (tertiary/aromatic N) is 3. The molecule has 11 nitrogen and oxygen atoms in total. The van der Waals surface area contributed by atoms with Gasteiger partial charge in [0.25, 0.3) is 11.8 Å². The molecule has 0 spiro atoms. The third-order valence-electron chi connectivity index (χ3n) is 6.08. The lowest BCUT2D eigenvalue weighted by Crippen LogP contribution is -2.31. The molecule has 0 saturated carbocycles. The van der Waals surface area contributed by atoms with Gasteiger partial charge >= 0.3 is 5.97 Å². The summed E-state index contributed by atoms with van der Waals surface area (Å²) in [5.41, 5.74) is 6.34. The van der Waals surface area contributed by atoms with E-state index in [0.29, 0.717) is 11.4 Å². The lowest BCUT2D eigenvalue weighted by molar-refractivity contribution is -0.152. The molecule has 0 aliphatic heterocycles. The van der Waals surface area contributed by atoms with Gasteiger partial charge in [0, 0.05) is 30.6 Å². The molecular formula is C30H31F2N5O6. The smallest absolute Gasteiger partial charge is 0.347 e. The Balaban J connectivity index is 1.81. The number of hydrogen-bond donors (Lipinski definition) is 3. The molecule has 2 aromatic carbocycles. The molecule has 13 heteroatoms. The number of rotatable bonds is 12. The molecule has 0 fully saturated rings. The maximum absolute atomic E-state index is 15.9. The quantitative estimate of drug-likeness (QED) is 0.106. The van der Waals surface area contributed by atoms with E-state index >= 15 is 8.78 Å². The number of nitrogens with one attached hydrogen (secondary N) is 1. The zero-order valence-corrected chi connectivity index (χ0v) is 23.9. The van der Waals surface area contributed by atoms with E-state index in [1.807, 2.05) is 0 Å². The number of phenols is 1. The number of aromatic hydroxyl groups is 1. The van der Waals surface area contributed by atoms with Gasteiger partial charge in [0.2, 0.25) is 17.4 Å². The summed E-state index contributed by atoms with van der Waals surface area (Å²) < 4.78 is 55.5. The summed E-state index contributed by atoms with van der Waals surface area (Å²) in [6.45, 7) is 5.23. The molecular weight excluding hydrogens is 564 g/mol. The van der Waals surface area contributed by atoms with Gasteiger partial charge in [-0.05, 0) is 49.6 Å². The number of amidine groups is 1. The van der Waals surface area contributed by atoms with Crippen LogP contribution in [0.4, 0.5) is 8.78 Å². The first-order valence-corrected chi connectivity index (χ1v) is 13.3. The van der Waals surface area contributed by atoms with E-state index in [0.717, 1.165) is 0 Å². The average Bonchev–Trinajstić information content (AvgIpc) is 3.39. The summed E-state index contributed by atoms with van der Waals surface area (Å²) >= 11 is 0. The first-order valence-electron chi connectivity index (χ1n) is 13.3. The first kappa shape index (κ1) is 30.8. The Labute approximate surface area is 246 Å². The van der Waals surface area contributed by atoms with Crippen LogP contribution in [0.5, 0.6) is 34.8 Å². The van der Waals surface area contributed by atoms with Crippen LogP contribution < -0.4 is 19.9 Å². The number of nitrogens with two attached hydrogens (primary N) is 1. The summed E-state index contributed by atoms with van der Waals surface area (Å²) in [7, 11) is 1.80. The number of aromatic nitrogens is 3. The van der Waals surface area contributed by atoms with E-state index in [4.69, 9.17) is 30.1 Å². The number of halogens is 2. The maximum atomic E-state index is 15.9. The topological polar surface area (TPSA) is 155 Å². The van der Waals surface area contributed by atoms with Crippen LogP contribution in [0.3, 0.4) is 0 Å². The molecule has 0 saturated heterocycles. The molecule has 0 aliphatic carbocycles. The van der Waals surface area contributed by atoms with Gasteiger partial charge in [0.15, 0.2) is 17.6 Å². The van der Waals surface area contributed by atoms with Crippen molar-refractivity contribution in [2.24, 2.45) is 18.7 Å². The summed E-state index contributed by atoms with van der Waals surface area (Å²) in [6, 6.07) is 10.3. The van der Waals surface area contributed by atoms with Gasteiger partial charge in [0.05, 0.1) is 6.61 Å². The molecule has 0 bridgehead atoms. The third kappa shape index (κ3) is 7.18. The van der Waals surface area contributed by atoms with Crippen molar-refractivity contribution in [2.45, 2.75) is 33.3 Å². The highest BCUT2D eigenvalue weighted by atomic mass is 19.1. The van der Waals surface area contributed by atoms with E-state index < -0.39 is 47.0 Å². The molecule has 1 atom stereocenters.